The van der Waals surface area contributed by atoms with Crippen LogP contribution in [-0.4, -0.2) is 11.8 Å². The van der Waals surface area contributed by atoms with Gasteiger partial charge in [-0.25, -0.2) is 0 Å². The molecule has 6 heteroatoms. The molecule has 4 nitrogen and oxygen atoms in total. The summed E-state index contributed by atoms with van der Waals surface area (Å²) in [6, 6.07) is 34.6. The summed E-state index contributed by atoms with van der Waals surface area (Å²) in [6.45, 7) is 0. The van der Waals surface area contributed by atoms with Crippen LogP contribution in [0.5, 0.6) is 0 Å². The molecule has 0 aliphatic heterocycles. The molecule has 4 rings (SSSR count). The van der Waals surface area contributed by atoms with Crippen LogP contribution < -0.4 is 10.6 Å². The van der Waals surface area contributed by atoms with Crippen molar-refractivity contribution in [1.29, 1.82) is 0 Å². The number of amides is 2. The lowest BCUT2D eigenvalue weighted by Gasteiger charge is -2.12. The Hall–Kier alpha value is -3.48. The molecule has 158 valence electrons. The molecule has 0 saturated heterocycles. The van der Waals surface area contributed by atoms with Gasteiger partial charge in [0.05, 0.1) is 11.4 Å². The third-order valence-corrected chi connectivity index (χ3v) is 6.59. The first kappa shape index (κ1) is 21.7. The maximum atomic E-state index is 12.7. The minimum Gasteiger partial charge on any atom is -0.317 e. The zero-order valence-corrected chi connectivity index (χ0v) is 18.7. The third kappa shape index (κ3) is 5.81. The van der Waals surface area contributed by atoms with Crippen molar-refractivity contribution < 1.29 is 9.59 Å². The van der Waals surface area contributed by atoms with E-state index < -0.39 is 11.8 Å². The molecule has 0 radical (unpaired) electrons. The summed E-state index contributed by atoms with van der Waals surface area (Å²) in [5, 5.41) is 5.48. The lowest BCUT2D eigenvalue weighted by Crippen LogP contribution is -2.29. The van der Waals surface area contributed by atoms with Crippen molar-refractivity contribution in [3.05, 3.63) is 109 Å². The molecule has 0 aliphatic carbocycles. The fraction of sp³-hybridized carbons (Fsp3) is 0. The number of anilines is 2. The average Bonchev–Trinajstić information content (AvgIpc) is 2.83. The number of carbonyl (C=O) groups is 2. The molecule has 2 N–H and O–H groups in total. The Balaban J connectivity index is 1.45. The highest BCUT2D eigenvalue weighted by Gasteiger charge is 2.17. The summed E-state index contributed by atoms with van der Waals surface area (Å²) in [7, 11) is 0. The Morgan fingerprint density at radius 2 is 0.812 bits per heavy atom. The van der Waals surface area contributed by atoms with Crippen LogP contribution in [0.3, 0.4) is 0 Å². The molecule has 32 heavy (non-hydrogen) atoms. The van der Waals surface area contributed by atoms with Crippen LogP contribution >= 0.6 is 23.5 Å². The fourth-order valence-electron chi connectivity index (χ4n) is 2.91. The van der Waals surface area contributed by atoms with Crippen molar-refractivity contribution in [2.24, 2.45) is 0 Å². The van der Waals surface area contributed by atoms with Crippen LogP contribution in [0.1, 0.15) is 0 Å². The first-order valence-corrected chi connectivity index (χ1v) is 11.6. The quantitative estimate of drug-likeness (QED) is 0.322. The van der Waals surface area contributed by atoms with Gasteiger partial charge in [0, 0.05) is 19.6 Å². The van der Waals surface area contributed by atoms with Gasteiger partial charge in [0.2, 0.25) is 0 Å². The lowest BCUT2D eigenvalue weighted by molar-refractivity contribution is -0.133. The van der Waals surface area contributed by atoms with E-state index in [2.05, 4.69) is 10.6 Å². The second-order valence-corrected chi connectivity index (χ2v) is 8.96. The molecule has 0 spiro atoms. The molecule has 0 heterocycles. The monoisotopic (exact) mass is 456 g/mol. The number of hydrogen-bond donors (Lipinski definition) is 2. The minimum absolute atomic E-state index is 0.591. The molecule has 0 atom stereocenters. The van der Waals surface area contributed by atoms with Gasteiger partial charge in [-0.05, 0) is 48.5 Å². The second kappa shape index (κ2) is 10.7. The number of rotatable bonds is 6. The summed E-state index contributed by atoms with van der Waals surface area (Å²) >= 11 is 3.05. The van der Waals surface area contributed by atoms with E-state index in [-0.39, 0.29) is 0 Å². The summed E-state index contributed by atoms with van der Waals surface area (Å²) in [5.41, 5.74) is 1.18. The zero-order chi connectivity index (χ0) is 22.2. The molecule has 0 bridgehead atoms. The van der Waals surface area contributed by atoms with Gasteiger partial charge >= 0.3 is 11.8 Å². The van der Waals surface area contributed by atoms with Crippen molar-refractivity contribution in [3.8, 4) is 0 Å². The molecule has 0 fully saturated rings. The van der Waals surface area contributed by atoms with Gasteiger partial charge in [0.25, 0.3) is 0 Å². The van der Waals surface area contributed by atoms with Crippen LogP contribution in [0.4, 0.5) is 11.4 Å². The van der Waals surface area contributed by atoms with Crippen molar-refractivity contribution in [2.45, 2.75) is 19.6 Å². The van der Waals surface area contributed by atoms with Crippen LogP contribution in [-0.2, 0) is 9.59 Å². The van der Waals surface area contributed by atoms with Gasteiger partial charge in [-0.1, -0.05) is 84.2 Å². The van der Waals surface area contributed by atoms with Crippen molar-refractivity contribution in [1.82, 2.24) is 0 Å². The van der Waals surface area contributed by atoms with E-state index in [0.29, 0.717) is 11.4 Å². The van der Waals surface area contributed by atoms with E-state index in [4.69, 9.17) is 0 Å². The van der Waals surface area contributed by atoms with E-state index in [9.17, 15) is 9.59 Å². The maximum absolute atomic E-state index is 12.7. The summed E-state index contributed by atoms with van der Waals surface area (Å²) < 4.78 is 0. The minimum atomic E-state index is -0.717. The standard InChI is InChI=1S/C26H20N2O2S2/c29-25(27-21-15-7-9-17-23(21)31-19-11-3-1-4-12-19)26(30)28-22-16-8-10-18-24(22)32-20-13-5-2-6-14-20/h1-18H,(H,27,29)(H,28,30). The van der Waals surface area contributed by atoms with Gasteiger partial charge in [-0.3, -0.25) is 9.59 Å². The van der Waals surface area contributed by atoms with Crippen molar-refractivity contribution >= 4 is 46.7 Å². The van der Waals surface area contributed by atoms with Gasteiger partial charge in [0.1, 0.15) is 0 Å². The molecule has 0 aliphatic rings. The largest absolute Gasteiger partial charge is 0.317 e. The Labute approximate surface area is 195 Å². The lowest BCUT2D eigenvalue weighted by atomic mass is 10.3. The van der Waals surface area contributed by atoms with Crippen LogP contribution in [0, 0.1) is 0 Å². The average molecular weight is 457 g/mol. The molecule has 0 unspecified atom stereocenters. The van der Waals surface area contributed by atoms with E-state index in [0.717, 1.165) is 19.6 Å². The predicted molar refractivity (Wildman–Crippen MR) is 131 cm³/mol. The molecule has 4 aromatic rings. The smallest absolute Gasteiger partial charge is 0.314 e. The highest BCUT2D eigenvalue weighted by molar-refractivity contribution is 7.99. The SMILES string of the molecule is O=C(Nc1ccccc1Sc1ccccc1)C(=O)Nc1ccccc1Sc1ccccc1. The number of benzene rings is 4. The Bertz CT molecular complexity index is 1120. The molecule has 0 saturated carbocycles. The Morgan fingerprint density at radius 3 is 1.22 bits per heavy atom. The fourth-order valence-corrected chi connectivity index (χ4v) is 4.75. The number of para-hydroxylation sites is 2. The predicted octanol–water partition coefficient (Wildman–Crippen LogP) is 6.57. The first-order chi connectivity index (χ1) is 15.7. The molecule has 2 amide bonds. The summed E-state index contributed by atoms with van der Waals surface area (Å²) in [6.07, 6.45) is 0. The topological polar surface area (TPSA) is 58.2 Å². The van der Waals surface area contributed by atoms with Crippen LogP contribution in [0.25, 0.3) is 0 Å². The van der Waals surface area contributed by atoms with Crippen molar-refractivity contribution in [2.75, 3.05) is 10.6 Å². The van der Waals surface area contributed by atoms with E-state index >= 15 is 0 Å². The van der Waals surface area contributed by atoms with Crippen molar-refractivity contribution in [3.63, 3.8) is 0 Å². The Morgan fingerprint density at radius 1 is 0.469 bits per heavy atom. The van der Waals surface area contributed by atoms with Crippen LogP contribution in [0.2, 0.25) is 0 Å². The first-order valence-electron chi connectivity index (χ1n) is 9.95. The van der Waals surface area contributed by atoms with Gasteiger partial charge < -0.3 is 10.6 Å². The number of carbonyl (C=O) groups excluding carboxylic acids is 2. The maximum Gasteiger partial charge on any atom is 0.314 e. The van der Waals surface area contributed by atoms with E-state index in [1.165, 1.54) is 23.5 Å². The molecular weight excluding hydrogens is 436 g/mol. The second-order valence-electron chi connectivity index (χ2n) is 6.73. The van der Waals surface area contributed by atoms with E-state index in [1.54, 1.807) is 12.1 Å². The van der Waals surface area contributed by atoms with Gasteiger partial charge in [-0.15, -0.1) is 0 Å². The highest BCUT2D eigenvalue weighted by Crippen LogP contribution is 2.34. The zero-order valence-electron chi connectivity index (χ0n) is 17.0. The van der Waals surface area contributed by atoms with Gasteiger partial charge in [-0.2, -0.15) is 0 Å². The molecule has 0 aromatic heterocycles. The summed E-state index contributed by atoms with van der Waals surface area (Å²) in [4.78, 5) is 29.1. The highest BCUT2D eigenvalue weighted by atomic mass is 32.2. The van der Waals surface area contributed by atoms with Crippen LogP contribution in [0.15, 0.2) is 129 Å². The third-order valence-electron chi connectivity index (χ3n) is 4.42. The number of hydrogen-bond acceptors (Lipinski definition) is 4. The molecular formula is C26H20N2O2S2. The van der Waals surface area contributed by atoms with E-state index in [1.807, 2.05) is 97.1 Å². The summed E-state index contributed by atoms with van der Waals surface area (Å²) in [5.74, 6) is -1.43. The normalized spacial score (nSPS) is 10.4. The molecule has 4 aromatic carbocycles. The van der Waals surface area contributed by atoms with Gasteiger partial charge in [0.15, 0.2) is 0 Å². The number of nitrogens with one attached hydrogen (secondary N) is 2. The Kier molecular flexibility index (Phi) is 7.27.